The standard InChI is InChI=1S/C29H26F3N3O5S/c1-15-9-21(36)26(28(38)34-8-2-3-17(13-34)27(33)37)20-12-25(16-4-6-22-23(10-16)40-14-39-22)41-24-7-5-18(29(30,31)32)11-19(24)35(15)20/h4-7,9-11,17,25H,2-3,8,12-14H2,1H3,(H2,33,37). The first-order valence-corrected chi connectivity index (χ1v) is 14.0. The topological polar surface area (TPSA) is 104 Å². The van der Waals surface area contributed by atoms with Gasteiger partial charge in [0.1, 0.15) is 5.56 Å². The lowest BCUT2D eigenvalue weighted by atomic mass is 9.95. The van der Waals surface area contributed by atoms with Gasteiger partial charge in [-0.15, -0.1) is 11.8 Å². The average molecular weight is 586 g/mol. The SMILES string of the molecule is Cc1cc(=O)c(C(=O)N2CCCC(C(N)=O)C2)c2n1-c1cc(C(F)(F)F)ccc1SC(c1ccc3c(c1)OCO3)C2. The number of likely N-dealkylation sites (tertiary alicyclic amines) is 1. The number of fused-ring (bicyclic) bond motifs is 4. The van der Waals surface area contributed by atoms with Gasteiger partial charge in [-0.25, -0.2) is 0 Å². The first-order valence-electron chi connectivity index (χ1n) is 13.1. The van der Waals surface area contributed by atoms with E-state index in [1.165, 1.54) is 28.8 Å². The number of rotatable bonds is 3. The number of aryl methyl sites for hydroxylation is 1. The molecule has 1 fully saturated rings. The number of thioether (sulfide) groups is 1. The Bertz CT molecular complexity index is 1640. The van der Waals surface area contributed by atoms with Crippen LogP contribution in [0.2, 0.25) is 0 Å². The van der Waals surface area contributed by atoms with E-state index >= 15 is 0 Å². The Morgan fingerprint density at radius 3 is 2.61 bits per heavy atom. The molecule has 0 radical (unpaired) electrons. The van der Waals surface area contributed by atoms with E-state index in [9.17, 15) is 27.6 Å². The molecule has 2 aromatic carbocycles. The molecule has 6 rings (SSSR count). The van der Waals surface area contributed by atoms with Crippen LogP contribution in [0.15, 0.2) is 52.2 Å². The van der Waals surface area contributed by atoms with Crippen molar-refractivity contribution in [3.63, 3.8) is 0 Å². The van der Waals surface area contributed by atoms with Gasteiger partial charge >= 0.3 is 6.18 Å². The maximum Gasteiger partial charge on any atom is 0.416 e. The first kappa shape index (κ1) is 27.3. The molecular weight excluding hydrogens is 559 g/mol. The number of aromatic nitrogens is 1. The van der Waals surface area contributed by atoms with Gasteiger partial charge in [-0.05, 0) is 55.7 Å². The molecule has 8 nitrogen and oxygen atoms in total. The van der Waals surface area contributed by atoms with Crippen molar-refractivity contribution in [1.29, 1.82) is 0 Å². The van der Waals surface area contributed by atoms with Gasteiger partial charge in [0, 0.05) is 47.1 Å². The number of carbonyl (C=O) groups excluding carboxylic acids is 2. The zero-order valence-electron chi connectivity index (χ0n) is 22.0. The highest BCUT2D eigenvalue weighted by Crippen LogP contribution is 2.47. The number of alkyl halides is 3. The van der Waals surface area contributed by atoms with Crippen molar-refractivity contribution < 1.29 is 32.2 Å². The van der Waals surface area contributed by atoms with E-state index in [1.807, 2.05) is 12.1 Å². The summed E-state index contributed by atoms with van der Waals surface area (Å²) < 4.78 is 54.1. The number of hydrogen-bond acceptors (Lipinski definition) is 6. The molecule has 3 aromatic rings. The molecule has 2 unspecified atom stereocenters. The summed E-state index contributed by atoms with van der Waals surface area (Å²) in [6.07, 6.45) is -3.33. The summed E-state index contributed by atoms with van der Waals surface area (Å²) in [5, 5.41) is -0.374. The molecular formula is C29H26F3N3O5S. The van der Waals surface area contributed by atoms with Gasteiger partial charge in [0.25, 0.3) is 5.91 Å². The van der Waals surface area contributed by atoms with Crippen molar-refractivity contribution in [3.05, 3.63) is 80.8 Å². The van der Waals surface area contributed by atoms with E-state index in [0.29, 0.717) is 47.2 Å². The number of hydrogen-bond donors (Lipinski definition) is 1. The molecule has 0 spiro atoms. The summed E-state index contributed by atoms with van der Waals surface area (Å²) in [5.74, 6) is -0.486. The van der Waals surface area contributed by atoms with Gasteiger partial charge in [0.15, 0.2) is 16.9 Å². The molecule has 2 atom stereocenters. The number of benzene rings is 2. The summed E-state index contributed by atoms with van der Waals surface area (Å²) in [6, 6.07) is 10.2. The minimum absolute atomic E-state index is 0.0794. The minimum Gasteiger partial charge on any atom is -0.454 e. The van der Waals surface area contributed by atoms with E-state index in [4.69, 9.17) is 15.2 Å². The molecule has 3 aliphatic heterocycles. The van der Waals surface area contributed by atoms with Crippen LogP contribution < -0.4 is 20.6 Å². The maximum absolute atomic E-state index is 14.0. The maximum atomic E-state index is 14.0. The molecule has 2 amide bonds. The lowest BCUT2D eigenvalue weighted by Crippen LogP contribution is -2.45. The van der Waals surface area contributed by atoms with Crippen LogP contribution in [0.3, 0.4) is 0 Å². The highest BCUT2D eigenvalue weighted by Gasteiger charge is 2.36. The molecule has 12 heteroatoms. The van der Waals surface area contributed by atoms with Crippen LogP contribution in [-0.2, 0) is 17.4 Å². The third kappa shape index (κ3) is 4.94. The van der Waals surface area contributed by atoms with E-state index in [2.05, 4.69) is 0 Å². The Morgan fingerprint density at radius 1 is 1.07 bits per heavy atom. The smallest absolute Gasteiger partial charge is 0.416 e. The number of amides is 2. The summed E-state index contributed by atoms with van der Waals surface area (Å²) in [4.78, 5) is 41.3. The summed E-state index contributed by atoms with van der Waals surface area (Å²) in [5.41, 5.74) is 5.80. The minimum atomic E-state index is -4.59. The second kappa shape index (κ2) is 10.2. The lowest BCUT2D eigenvalue weighted by molar-refractivity contribution is -0.137. The van der Waals surface area contributed by atoms with Crippen LogP contribution in [0.1, 0.15) is 51.0 Å². The zero-order chi connectivity index (χ0) is 29.1. The van der Waals surface area contributed by atoms with Crippen LogP contribution in [0.5, 0.6) is 11.5 Å². The van der Waals surface area contributed by atoms with Gasteiger partial charge < -0.3 is 24.7 Å². The number of primary amides is 1. The van der Waals surface area contributed by atoms with Crippen LogP contribution in [-0.4, -0.2) is 41.2 Å². The number of piperidine rings is 1. The molecule has 214 valence electrons. The molecule has 2 N–H and O–H groups in total. The fourth-order valence-corrected chi connectivity index (χ4v) is 6.99. The number of pyridine rings is 1. The van der Waals surface area contributed by atoms with Gasteiger partial charge in [-0.2, -0.15) is 13.2 Å². The van der Waals surface area contributed by atoms with E-state index in [-0.39, 0.29) is 36.3 Å². The van der Waals surface area contributed by atoms with Crippen molar-refractivity contribution in [3.8, 4) is 17.2 Å². The zero-order valence-corrected chi connectivity index (χ0v) is 22.8. The van der Waals surface area contributed by atoms with Crippen LogP contribution in [0.4, 0.5) is 13.2 Å². The quantitative estimate of drug-likeness (QED) is 0.481. The normalized spacial score (nSPS) is 19.8. The number of ether oxygens (including phenoxy) is 2. The molecule has 1 saturated heterocycles. The Hall–Kier alpha value is -3.93. The molecule has 4 heterocycles. The number of nitrogens with zero attached hydrogens (tertiary/aromatic N) is 2. The summed E-state index contributed by atoms with van der Waals surface area (Å²) >= 11 is 1.35. The molecule has 3 aliphatic rings. The van der Waals surface area contributed by atoms with Gasteiger partial charge in [-0.1, -0.05) is 6.07 Å². The van der Waals surface area contributed by atoms with E-state index in [0.717, 1.165) is 17.7 Å². The summed E-state index contributed by atoms with van der Waals surface area (Å²) in [6.45, 7) is 2.14. The summed E-state index contributed by atoms with van der Waals surface area (Å²) in [7, 11) is 0. The number of halogens is 3. The fraction of sp³-hybridized carbons (Fsp3) is 0.345. The van der Waals surface area contributed by atoms with Crippen LogP contribution in [0.25, 0.3) is 5.69 Å². The highest BCUT2D eigenvalue weighted by molar-refractivity contribution is 7.99. The third-order valence-corrected chi connectivity index (χ3v) is 9.09. The van der Waals surface area contributed by atoms with Crippen molar-refractivity contribution in [2.24, 2.45) is 11.7 Å². The number of nitrogens with two attached hydrogens (primary N) is 1. The highest BCUT2D eigenvalue weighted by atomic mass is 32.2. The van der Waals surface area contributed by atoms with Crippen molar-refractivity contribution in [2.75, 3.05) is 19.9 Å². The van der Waals surface area contributed by atoms with Gasteiger partial charge in [-0.3, -0.25) is 14.4 Å². The van der Waals surface area contributed by atoms with E-state index < -0.39 is 34.9 Å². The van der Waals surface area contributed by atoms with Gasteiger partial charge in [0.05, 0.1) is 17.2 Å². The van der Waals surface area contributed by atoms with Gasteiger partial charge in [0.2, 0.25) is 12.7 Å². The Morgan fingerprint density at radius 2 is 1.85 bits per heavy atom. The van der Waals surface area contributed by atoms with Crippen molar-refractivity contribution in [1.82, 2.24) is 9.47 Å². The molecule has 0 aliphatic carbocycles. The first-order chi connectivity index (χ1) is 19.5. The predicted octanol–water partition coefficient (Wildman–Crippen LogP) is 4.62. The fourth-order valence-electron chi connectivity index (χ4n) is 5.74. The Labute approximate surface area is 237 Å². The van der Waals surface area contributed by atoms with Crippen molar-refractivity contribution in [2.45, 2.75) is 42.5 Å². The molecule has 0 bridgehead atoms. The van der Waals surface area contributed by atoms with Crippen LogP contribution in [0, 0.1) is 12.8 Å². The second-order valence-corrected chi connectivity index (χ2v) is 11.6. The lowest BCUT2D eigenvalue weighted by Gasteiger charge is -2.32. The third-order valence-electron chi connectivity index (χ3n) is 7.77. The molecule has 0 saturated carbocycles. The Kier molecular flexibility index (Phi) is 6.75. The monoisotopic (exact) mass is 585 g/mol. The molecule has 41 heavy (non-hydrogen) atoms. The second-order valence-electron chi connectivity index (χ2n) is 10.4. The largest absolute Gasteiger partial charge is 0.454 e. The van der Waals surface area contributed by atoms with Crippen LogP contribution >= 0.6 is 11.8 Å². The molecule has 1 aromatic heterocycles. The Balaban J connectivity index is 1.54. The number of carbonyl (C=O) groups is 2. The average Bonchev–Trinajstić information content (AvgIpc) is 3.33. The van der Waals surface area contributed by atoms with E-state index in [1.54, 1.807) is 17.6 Å². The van der Waals surface area contributed by atoms with Crippen molar-refractivity contribution >= 4 is 23.6 Å². The predicted molar refractivity (Wildman–Crippen MR) is 144 cm³/mol.